The molecule has 4 aliphatic rings. The summed E-state index contributed by atoms with van der Waals surface area (Å²) in [6, 6.07) is 9.62. The van der Waals surface area contributed by atoms with Crippen LogP contribution < -0.4 is 10.6 Å². The third-order valence-corrected chi connectivity index (χ3v) is 6.38. The van der Waals surface area contributed by atoms with Crippen LogP contribution in [0.15, 0.2) is 30.3 Å². The van der Waals surface area contributed by atoms with Crippen LogP contribution in [-0.2, 0) is 9.53 Å². The number of pyridine rings is 1. The van der Waals surface area contributed by atoms with Crippen molar-refractivity contribution in [2.45, 2.75) is 62.4 Å². The maximum Gasteiger partial charge on any atom is 0.270 e. The summed E-state index contributed by atoms with van der Waals surface area (Å²) in [4.78, 5) is 29.2. The number of amides is 2. The van der Waals surface area contributed by atoms with E-state index in [-0.39, 0.29) is 35.6 Å². The third-order valence-electron chi connectivity index (χ3n) is 6.38. The number of hydrogen-bond donors (Lipinski definition) is 2. The predicted octanol–water partition coefficient (Wildman–Crippen LogP) is 2.58. The minimum absolute atomic E-state index is 0.0288. The molecule has 1 aromatic heterocycles. The fourth-order valence-corrected chi connectivity index (χ4v) is 4.89. The van der Waals surface area contributed by atoms with Gasteiger partial charge in [-0.2, -0.15) is 0 Å². The lowest BCUT2D eigenvalue weighted by atomic mass is 9.44. The van der Waals surface area contributed by atoms with Crippen molar-refractivity contribution in [2.75, 3.05) is 6.61 Å². The molecular formula is C22H24FN3O3. The molecule has 0 radical (unpaired) electrons. The van der Waals surface area contributed by atoms with Crippen LogP contribution in [-0.4, -0.2) is 46.8 Å². The highest BCUT2D eigenvalue weighted by atomic mass is 19.1. The van der Waals surface area contributed by atoms with E-state index in [2.05, 4.69) is 15.6 Å². The SMILES string of the molecule is Cc1ccc2nc(C(=O)NC34CC(NC(=O)COC5CC(F)C5)(C3)C4)ccc2c1. The van der Waals surface area contributed by atoms with Crippen molar-refractivity contribution in [2.24, 2.45) is 0 Å². The van der Waals surface area contributed by atoms with Gasteiger partial charge in [-0.15, -0.1) is 0 Å². The Morgan fingerprint density at radius 1 is 1.14 bits per heavy atom. The minimum atomic E-state index is -0.787. The first-order chi connectivity index (χ1) is 13.8. The van der Waals surface area contributed by atoms with Gasteiger partial charge in [0.25, 0.3) is 5.91 Å². The summed E-state index contributed by atoms with van der Waals surface area (Å²) in [7, 11) is 0. The lowest BCUT2D eigenvalue weighted by Crippen LogP contribution is -2.84. The molecule has 2 amide bonds. The number of benzene rings is 1. The second-order valence-corrected chi connectivity index (χ2v) is 8.99. The number of fused-ring (bicyclic) bond motifs is 1. The molecule has 0 unspecified atom stereocenters. The lowest BCUT2D eigenvalue weighted by Gasteiger charge is -2.70. The van der Waals surface area contributed by atoms with Crippen molar-refractivity contribution in [3.05, 3.63) is 41.6 Å². The molecule has 0 atom stereocenters. The molecule has 6 nitrogen and oxygen atoms in total. The van der Waals surface area contributed by atoms with Gasteiger partial charge in [-0.05, 0) is 44.4 Å². The van der Waals surface area contributed by atoms with Crippen molar-refractivity contribution in [1.82, 2.24) is 15.6 Å². The Labute approximate surface area is 168 Å². The van der Waals surface area contributed by atoms with Crippen LogP contribution in [0.3, 0.4) is 0 Å². The molecule has 1 heterocycles. The smallest absolute Gasteiger partial charge is 0.270 e. The van der Waals surface area contributed by atoms with E-state index < -0.39 is 6.17 Å². The number of rotatable bonds is 6. The van der Waals surface area contributed by atoms with E-state index in [4.69, 9.17) is 4.74 Å². The van der Waals surface area contributed by atoms with Gasteiger partial charge in [0.05, 0.1) is 11.6 Å². The van der Waals surface area contributed by atoms with E-state index in [0.717, 1.165) is 35.7 Å². The molecule has 1 aromatic carbocycles. The standard InChI is InChI=1S/C22H24FN3O3/c1-13-2-4-17-14(6-13)3-5-18(24-17)20(28)26-22-10-21(11-22,12-22)25-19(27)9-29-16-7-15(23)8-16/h2-6,15-16H,7-12H2,1H3,(H,25,27)(H,26,28). The molecule has 2 aromatic rings. The molecule has 4 saturated carbocycles. The second-order valence-electron chi connectivity index (χ2n) is 8.99. The highest BCUT2D eigenvalue weighted by Crippen LogP contribution is 2.60. The molecule has 4 fully saturated rings. The molecular weight excluding hydrogens is 373 g/mol. The highest BCUT2D eigenvalue weighted by Gasteiger charge is 2.69. The zero-order chi connectivity index (χ0) is 20.2. The molecule has 0 spiro atoms. The summed E-state index contributed by atoms with van der Waals surface area (Å²) in [5.74, 6) is -0.348. The summed E-state index contributed by atoms with van der Waals surface area (Å²) < 4.78 is 18.2. The Bertz CT molecular complexity index is 982. The number of hydrogen-bond acceptors (Lipinski definition) is 4. The number of nitrogens with one attached hydrogen (secondary N) is 2. The molecule has 2 N–H and O–H groups in total. The average Bonchev–Trinajstić information content (AvgIpc) is 2.61. The Morgan fingerprint density at radius 3 is 2.59 bits per heavy atom. The second kappa shape index (κ2) is 6.49. The van der Waals surface area contributed by atoms with Crippen LogP contribution in [0.25, 0.3) is 10.9 Å². The van der Waals surface area contributed by atoms with Gasteiger partial charge in [0, 0.05) is 29.3 Å². The van der Waals surface area contributed by atoms with E-state index in [9.17, 15) is 14.0 Å². The van der Waals surface area contributed by atoms with Gasteiger partial charge in [-0.1, -0.05) is 17.7 Å². The Balaban J connectivity index is 1.12. The number of carbonyl (C=O) groups is 2. The Kier molecular flexibility index (Phi) is 4.13. The molecule has 152 valence electrons. The van der Waals surface area contributed by atoms with Crippen molar-refractivity contribution >= 4 is 22.7 Å². The third kappa shape index (κ3) is 3.37. The van der Waals surface area contributed by atoms with Gasteiger partial charge in [-0.25, -0.2) is 9.37 Å². The molecule has 2 bridgehead atoms. The topological polar surface area (TPSA) is 80.3 Å². The van der Waals surface area contributed by atoms with Crippen LogP contribution in [0.2, 0.25) is 0 Å². The number of aromatic nitrogens is 1. The van der Waals surface area contributed by atoms with Crippen LogP contribution in [0, 0.1) is 6.92 Å². The number of carbonyl (C=O) groups excluding carboxylic acids is 2. The molecule has 29 heavy (non-hydrogen) atoms. The van der Waals surface area contributed by atoms with Crippen molar-refractivity contribution < 1.29 is 18.7 Å². The number of ether oxygens (including phenoxy) is 1. The largest absolute Gasteiger partial charge is 0.368 e. The quantitative estimate of drug-likeness (QED) is 0.785. The van der Waals surface area contributed by atoms with E-state index in [1.807, 2.05) is 31.2 Å². The summed E-state index contributed by atoms with van der Waals surface area (Å²) in [5, 5.41) is 7.13. The fourth-order valence-electron chi connectivity index (χ4n) is 4.89. The number of nitrogens with zero attached hydrogens (tertiary/aromatic N) is 1. The van der Waals surface area contributed by atoms with E-state index in [1.54, 1.807) is 6.07 Å². The Morgan fingerprint density at radius 2 is 1.86 bits per heavy atom. The van der Waals surface area contributed by atoms with Crippen LogP contribution in [0.4, 0.5) is 4.39 Å². The number of alkyl halides is 1. The maximum absolute atomic E-state index is 12.8. The molecule has 0 aliphatic heterocycles. The van der Waals surface area contributed by atoms with E-state index in [1.165, 1.54) is 0 Å². The number of aryl methyl sites for hydroxylation is 1. The highest BCUT2D eigenvalue weighted by molar-refractivity contribution is 5.95. The molecule has 7 heteroatoms. The van der Waals surface area contributed by atoms with E-state index >= 15 is 0 Å². The van der Waals surface area contributed by atoms with Gasteiger partial charge in [0.2, 0.25) is 5.91 Å². The van der Waals surface area contributed by atoms with Crippen LogP contribution in [0.5, 0.6) is 0 Å². The minimum Gasteiger partial charge on any atom is -0.368 e. The van der Waals surface area contributed by atoms with Crippen molar-refractivity contribution in [1.29, 1.82) is 0 Å². The van der Waals surface area contributed by atoms with Crippen LogP contribution >= 0.6 is 0 Å². The number of halogens is 1. The van der Waals surface area contributed by atoms with Gasteiger partial charge >= 0.3 is 0 Å². The monoisotopic (exact) mass is 397 g/mol. The predicted molar refractivity (Wildman–Crippen MR) is 105 cm³/mol. The zero-order valence-corrected chi connectivity index (χ0v) is 16.3. The van der Waals surface area contributed by atoms with Gasteiger partial charge in [-0.3, -0.25) is 9.59 Å². The molecule has 0 saturated heterocycles. The first-order valence-electron chi connectivity index (χ1n) is 10.1. The lowest BCUT2D eigenvalue weighted by molar-refractivity contribution is -0.148. The molecule has 6 rings (SSSR count). The van der Waals surface area contributed by atoms with Gasteiger partial charge in [0.1, 0.15) is 18.5 Å². The average molecular weight is 397 g/mol. The summed E-state index contributed by atoms with van der Waals surface area (Å²) in [6.45, 7) is 2.00. The first kappa shape index (κ1) is 18.5. The van der Waals surface area contributed by atoms with Crippen LogP contribution in [0.1, 0.15) is 48.2 Å². The fraction of sp³-hybridized carbons (Fsp3) is 0.500. The first-order valence-corrected chi connectivity index (χ1v) is 10.1. The summed E-state index contributed by atoms with van der Waals surface area (Å²) in [5.41, 5.74) is 1.89. The maximum atomic E-state index is 12.8. The summed E-state index contributed by atoms with van der Waals surface area (Å²) in [6.07, 6.45) is 2.02. The van der Waals surface area contributed by atoms with E-state index in [0.29, 0.717) is 18.5 Å². The van der Waals surface area contributed by atoms with Gasteiger partial charge < -0.3 is 15.4 Å². The zero-order valence-electron chi connectivity index (χ0n) is 16.3. The normalized spacial score (nSPS) is 31.9. The summed E-state index contributed by atoms with van der Waals surface area (Å²) >= 11 is 0. The Hall–Kier alpha value is -2.54. The van der Waals surface area contributed by atoms with Crippen molar-refractivity contribution in [3.63, 3.8) is 0 Å². The van der Waals surface area contributed by atoms with Gasteiger partial charge in [0.15, 0.2) is 0 Å². The van der Waals surface area contributed by atoms with Crippen molar-refractivity contribution in [3.8, 4) is 0 Å². The molecule has 4 aliphatic carbocycles.